The van der Waals surface area contributed by atoms with Crippen LogP contribution < -0.4 is 5.56 Å². The van der Waals surface area contributed by atoms with E-state index in [1.165, 1.54) is 0 Å². The van der Waals surface area contributed by atoms with Crippen LogP contribution in [0, 0.1) is 0 Å². The minimum Gasteiger partial charge on any atom is -0.379 e. The van der Waals surface area contributed by atoms with Gasteiger partial charge in [-0.1, -0.05) is 0 Å². The van der Waals surface area contributed by atoms with Crippen LogP contribution in [0.3, 0.4) is 0 Å². The van der Waals surface area contributed by atoms with Crippen molar-refractivity contribution in [3.05, 3.63) is 56.4 Å². The first kappa shape index (κ1) is 21.0. The maximum atomic E-state index is 13.0. The average molecular weight is 483 g/mol. The molecular weight excluding hydrogens is 465 g/mol. The summed E-state index contributed by atoms with van der Waals surface area (Å²) in [5, 5.41) is 0.372. The zero-order valence-electron chi connectivity index (χ0n) is 15.8. The molecular formula is C20H18BrF3N4O2. The standard InChI is InChI=1S/C20H18BrF3N4O2/c21-15-10-12(2-4-28-5-7-30-8-6-28)9-14-17(15)26-18(27-19(14)29)16-11-13(1-3-25-16)20(22,23)24/h1,3,9-11H,2,4-8H2,(H,26,27,29). The van der Waals surface area contributed by atoms with Crippen molar-refractivity contribution in [2.24, 2.45) is 0 Å². The molecule has 3 aromatic rings. The number of ether oxygens (including phenoxy) is 1. The van der Waals surface area contributed by atoms with Crippen LogP contribution in [0.5, 0.6) is 0 Å². The topological polar surface area (TPSA) is 71.1 Å². The van der Waals surface area contributed by atoms with Gasteiger partial charge in [-0.15, -0.1) is 0 Å². The summed E-state index contributed by atoms with van der Waals surface area (Å²) in [4.78, 5) is 25.8. The van der Waals surface area contributed by atoms with E-state index in [-0.39, 0.29) is 11.5 Å². The number of benzene rings is 1. The van der Waals surface area contributed by atoms with Crippen molar-refractivity contribution in [3.63, 3.8) is 0 Å². The van der Waals surface area contributed by atoms with Gasteiger partial charge in [0.2, 0.25) is 0 Å². The zero-order valence-corrected chi connectivity index (χ0v) is 17.4. The van der Waals surface area contributed by atoms with Gasteiger partial charge in [0.15, 0.2) is 5.82 Å². The number of pyridine rings is 1. The van der Waals surface area contributed by atoms with E-state index in [1.807, 2.05) is 6.07 Å². The summed E-state index contributed by atoms with van der Waals surface area (Å²) < 4.78 is 44.9. The molecule has 30 heavy (non-hydrogen) atoms. The molecule has 4 rings (SSSR count). The molecule has 0 radical (unpaired) electrons. The second-order valence-corrected chi connectivity index (χ2v) is 7.87. The lowest BCUT2D eigenvalue weighted by molar-refractivity contribution is -0.137. The molecule has 0 bridgehead atoms. The molecule has 2 aromatic heterocycles. The van der Waals surface area contributed by atoms with Crippen LogP contribution in [-0.2, 0) is 17.3 Å². The van der Waals surface area contributed by atoms with Crippen molar-refractivity contribution < 1.29 is 17.9 Å². The number of aromatic amines is 1. The Morgan fingerprint density at radius 1 is 1.20 bits per heavy atom. The number of H-pyrrole nitrogens is 1. The van der Waals surface area contributed by atoms with Crippen LogP contribution in [0.25, 0.3) is 22.4 Å². The van der Waals surface area contributed by atoms with E-state index in [4.69, 9.17) is 4.74 Å². The largest absolute Gasteiger partial charge is 0.416 e. The van der Waals surface area contributed by atoms with Gasteiger partial charge in [0, 0.05) is 30.3 Å². The number of morpholine rings is 1. The summed E-state index contributed by atoms with van der Waals surface area (Å²) in [6, 6.07) is 5.41. The third kappa shape index (κ3) is 4.55. The molecule has 0 aliphatic carbocycles. The molecule has 1 aliphatic heterocycles. The lowest BCUT2D eigenvalue weighted by atomic mass is 10.1. The van der Waals surface area contributed by atoms with Gasteiger partial charge in [-0.3, -0.25) is 14.7 Å². The Bertz CT molecular complexity index is 1130. The minimum atomic E-state index is -4.51. The fourth-order valence-electron chi connectivity index (χ4n) is 3.37. The summed E-state index contributed by atoms with van der Waals surface area (Å²) in [5.74, 6) is -0.0135. The van der Waals surface area contributed by atoms with E-state index in [0.29, 0.717) is 15.4 Å². The number of alkyl halides is 3. The highest BCUT2D eigenvalue weighted by molar-refractivity contribution is 9.10. The Morgan fingerprint density at radius 3 is 2.70 bits per heavy atom. The van der Waals surface area contributed by atoms with E-state index < -0.39 is 17.3 Å². The molecule has 0 unspecified atom stereocenters. The maximum absolute atomic E-state index is 13.0. The van der Waals surface area contributed by atoms with Gasteiger partial charge in [0.1, 0.15) is 5.69 Å². The number of nitrogens with zero attached hydrogens (tertiary/aromatic N) is 3. The summed E-state index contributed by atoms with van der Waals surface area (Å²) in [6.45, 7) is 4.04. The molecule has 158 valence electrons. The van der Waals surface area contributed by atoms with E-state index in [0.717, 1.165) is 63.2 Å². The maximum Gasteiger partial charge on any atom is 0.416 e. The van der Waals surface area contributed by atoms with Crippen molar-refractivity contribution in [1.82, 2.24) is 19.9 Å². The smallest absolute Gasteiger partial charge is 0.379 e. The number of rotatable bonds is 4. The average Bonchev–Trinajstić information content (AvgIpc) is 2.73. The fourth-order valence-corrected chi connectivity index (χ4v) is 3.97. The van der Waals surface area contributed by atoms with E-state index in [9.17, 15) is 18.0 Å². The molecule has 10 heteroatoms. The van der Waals surface area contributed by atoms with E-state index in [1.54, 1.807) is 6.07 Å². The molecule has 1 fully saturated rings. The second-order valence-electron chi connectivity index (χ2n) is 7.02. The Kier molecular flexibility index (Phi) is 5.90. The van der Waals surface area contributed by atoms with E-state index in [2.05, 4.69) is 35.8 Å². The van der Waals surface area contributed by atoms with Crippen molar-refractivity contribution in [3.8, 4) is 11.5 Å². The van der Waals surface area contributed by atoms with Crippen molar-refractivity contribution in [2.75, 3.05) is 32.8 Å². The molecule has 1 aromatic carbocycles. The van der Waals surface area contributed by atoms with Gasteiger partial charge in [0.05, 0.1) is 29.7 Å². The van der Waals surface area contributed by atoms with E-state index >= 15 is 0 Å². The summed E-state index contributed by atoms with van der Waals surface area (Å²) in [7, 11) is 0. The normalized spacial score (nSPS) is 15.6. The fraction of sp³-hybridized carbons (Fsp3) is 0.350. The molecule has 0 atom stereocenters. The third-order valence-corrected chi connectivity index (χ3v) is 5.58. The van der Waals surface area contributed by atoms with Gasteiger partial charge in [0.25, 0.3) is 5.56 Å². The van der Waals surface area contributed by atoms with Gasteiger partial charge in [-0.2, -0.15) is 13.2 Å². The van der Waals surface area contributed by atoms with Crippen LogP contribution >= 0.6 is 15.9 Å². The highest BCUT2D eigenvalue weighted by Crippen LogP contribution is 2.31. The lowest BCUT2D eigenvalue weighted by Crippen LogP contribution is -2.37. The summed E-state index contributed by atoms with van der Waals surface area (Å²) in [5.41, 5.74) is 0.0178. The predicted octanol–water partition coefficient (Wildman–Crippen LogP) is 3.64. The molecule has 0 saturated carbocycles. The highest BCUT2D eigenvalue weighted by atomic mass is 79.9. The van der Waals surface area contributed by atoms with Crippen LogP contribution in [0.15, 0.2) is 39.7 Å². The SMILES string of the molecule is O=c1[nH]c(-c2cc(C(F)(F)F)ccn2)nc2c(Br)cc(CCN3CCOCC3)cc12. The Balaban J connectivity index is 1.66. The number of fused-ring (bicyclic) bond motifs is 1. The quantitative estimate of drug-likeness (QED) is 0.614. The lowest BCUT2D eigenvalue weighted by Gasteiger charge is -2.26. The number of hydrogen-bond acceptors (Lipinski definition) is 5. The summed E-state index contributed by atoms with van der Waals surface area (Å²) >= 11 is 3.45. The van der Waals surface area contributed by atoms with Gasteiger partial charge < -0.3 is 9.72 Å². The Hall–Kier alpha value is -2.30. The number of hydrogen-bond donors (Lipinski definition) is 1. The monoisotopic (exact) mass is 482 g/mol. The molecule has 1 N–H and O–H groups in total. The second kappa shape index (κ2) is 8.44. The number of halogens is 4. The van der Waals surface area contributed by atoms with Gasteiger partial charge >= 0.3 is 6.18 Å². The summed E-state index contributed by atoms with van der Waals surface area (Å²) in [6.07, 6.45) is -2.71. The Labute approximate surface area is 178 Å². The molecule has 1 saturated heterocycles. The predicted molar refractivity (Wildman–Crippen MR) is 109 cm³/mol. The molecule has 3 heterocycles. The zero-order chi connectivity index (χ0) is 21.3. The van der Waals surface area contributed by atoms with Crippen LogP contribution in [0.2, 0.25) is 0 Å². The van der Waals surface area contributed by atoms with Crippen LogP contribution in [0.4, 0.5) is 13.2 Å². The minimum absolute atomic E-state index is 0.0135. The highest BCUT2D eigenvalue weighted by Gasteiger charge is 2.31. The molecule has 0 amide bonds. The van der Waals surface area contributed by atoms with Crippen molar-refractivity contribution in [1.29, 1.82) is 0 Å². The number of aromatic nitrogens is 3. The van der Waals surface area contributed by atoms with Crippen molar-refractivity contribution >= 4 is 26.8 Å². The Morgan fingerprint density at radius 2 is 1.97 bits per heavy atom. The molecule has 0 spiro atoms. The van der Waals surface area contributed by atoms with Gasteiger partial charge in [-0.05, 0) is 52.2 Å². The first-order chi connectivity index (χ1) is 14.3. The van der Waals surface area contributed by atoms with Crippen molar-refractivity contribution in [2.45, 2.75) is 12.6 Å². The van der Waals surface area contributed by atoms with Gasteiger partial charge in [-0.25, -0.2) is 4.98 Å². The molecule has 1 aliphatic rings. The number of nitrogens with one attached hydrogen (secondary N) is 1. The molecule has 6 nitrogen and oxygen atoms in total. The first-order valence-electron chi connectivity index (χ1n) is 9.37. The van der Waals surface area contributed by atoms with Crippen LogP contribution in [0.1, 0.15) is 11.1 Å². The first-order valence-corrected chi connectivity index (χ1v) is 10.2. The third-order valence-electron chi connectivity index (χ3n) is 4.97. The van der Waals surface area contributed by atoms with Crippen LogP contribution in [-0.4, -0.2) is 52.7 Å².